The Hall–Kier alpha value is -0.720. The van der Waals surface area contributed by atoms with Crippen molar-refractivity contribution < 1.29 is 4.21 Å². The average Bonchev–Trinajstić information content (AvgIpc) is 2.59. The number of pyridine rings is 1. The average molecular weight is 288 g/mol. The summed E-state index contributed by atoms with van der Waals surface area (Å²) >= 11 is 3.35. The lowest BCUT2D eigenvalue weighted by molar-refractivity contribution is 0.603. The van der Waals surface area contributed by atoms with E-state index in [4.69, 9.17) is 0 Å². The van der Waals surface area contributed by atoms with Gasteiger partial charge in [-0.25, -0.2) is 13.5 Å². The number of hydrogen-bond donors (Lipinski definition) is 1. The summed E-state index contributed by atoms with van der Waals surface area (Å²) in [6.07, 6.45) is 3.45. The smallest absolute Gasteiger partial charge is 0.138 e. The van der Waals surface area contributed by atoms with Crippen LogP contribution in [0.3, 0.4) is 0 Å². The minimum atomic E-state index is -1.15. The van der Waals surface area contributed by atoms with Gasteiger partial charge in [0.2, 0.25) is 0 Å². The summed E-state index contributed by atoms with van der Waals surface area (Å²) in [6, 6.07) is 1.91. The Kier molecular flexibility index (Phi) is 2.90. The van der Waals surface area contributed by atoms with E-state index in [1.165, 1.54) is 0 Å². The van der Waals surface area contributed by atoms with Crippen LogP contribution in [0, 0.1) is 0 Å². The maximum Gasteiger partial charge on any atom is 0.138 e. The van der Waals surface area contributed by atoms with E-state index in [-0.39, 0.29) is 0 Å². The SMILES string of the molecule is CN(C)S(=O)c1c[nH]c2ncc(Br)cc12. The van der Waals surface area contributed by atoms with Gasteiger partial charge >= 0.3 is 0 Å². The van der Waals surface area contributed by atoms with Gasteiger partial charge in [-0.1, -0.05) is 0 Å². The second kappa shape index (κ2) is 4.03. The zero-order chi connectivity index (χ0) is 11.0. The number of nitrogens with one attached hydrogen (secondary N) is 1. The Balaban J connectivity index is 2.62. The van der Waals surface area contributed by atoms with Gasteiger partial charge in [-0.05, 0) is 36.1 Å². The van der Waals surface area contributed by atoms with Crippen LogP contribution in [0.4, 0.5) is 0 Å². The van der Waals surface area contributed by atoms with Crippen LogP contribution in [-0.4, -0.2) is 32.6 Å². The molecule has 4 nitrogen and oxygen atoms in total. The first-order valence-electron chi connectivity index (χ1n) is 4.31. The third kappa shape index (κ3) is 1.97. The zero-order valence-electron chi connectivity index (χ0n) is 8.32. The molecular weight excluding hydrogens is 278 g/mol. The Labute approximate surface area is 98.4 Å². The molecule has 0 saturated heterocycles. The van der Waals surface area contributed by atoms with Crippen LogP contribution in [0.2, 0.25) is 0 Å². The van der Waals surface area contributed by atoms with Crippen LogP contribution in [0.15, 0.2) is 27.8 Å². The molecule has 0 bridgehead atoms. The molecule has 80 valence electrons. The van der Waals surface area contributed by atoms with Gasteiger partial charge in [-0.2, -0.15) is 0 Å². The summed E-state index contributed by atoms with van der Waals surface area (Å²) in [6.45, 7) is 0. The quantitative estimate of drug-likeness (QED) is 0.917. The Morgan fingerprint density at radius 1 is 1.53 bits per heavy atom. The molecule has 2 rings (SSSR count). The number of hydrogen-bond acceptors (Lipinski definition) is 2. The predicted octanol–water partition coefficient (Wildman–Crippen LogP) is 1.91. The van der Waals surface area contributed by atoms with Gasteiger partial charge in [0.05, 0.1) is 4.90 Å². The molecule has 6 heteroatoms. The lowest BCUT2D eigenvalue weighted by Gasteiger charge is -2.07. The van der Waals surface area contributed by atoms with Crippen molar-refractivity contribution in [2.45, 2.75) is 4.90 Å². The molecule has 2 aromatic heterocycles. The maximum absolute atomic E-state index is 11.9. The highest BCUT2D eigenvalue weighted by Gasteiger charge is 2.13. The molecule has 0 fully saturated rings. The van der Waals surface area contributed by atoms with E-state index >= 15 is 0 Å². The standard InChI is InChI=1S/C9H10BrN3OS/c1-13(2)15(14)8-5-12-9-7(8)3-6(10)4-11-9/h3-5H,1-2H3,(H,11,12). The first-order chi connectivity index (χ1) is 7.09. The highest BCUT2D eigenvalue weighted by Crippen LogP contribution is 2.23. The number of rotatable bonds is 2. The van der Waals surface area contributed by atoms with Gasteiger partial charge in [-0.3, -0.25) is 0 Å². The monoisotopic (exact) mass is 287 g/mol. The molecular formula is C9H10BrN3OS. The normalized spacial score (nSPS) is 13.6. The van der Waals surface area contributed by atoms with Crippen molar-refractivity contribution in [1.82, 2.24) is 14.3 Å². The van der Waals surface area contributed by atoms with E-state index in [0.717, 1.165) is 20.4 Å². The summed E-state index contributed by atoms with van der Waals surface area (Å²) < 4.78 is 14.4. The van der Waals surface area contributed by atoms with E-state index in [0.29, 0.717) is 0 Å². The zero-order valence-corrected chi connectivity index (χ0v) is 10.7. The van der Waals surface area contributed by atoms with Crippen molar-refractivity contribution in [3.63, 3.8) is 0 Å². The summed E-state index contributed by atoms with van der Waals surface area (Å²) in [5, 5.41) is 0.886. The molecule has 1 unspecified atom stereocenters. The number of nitrogens with zero attached hydrogens (tertiary/aromatic N) is 2. The van der Waals surface area contributed by atoms with Crippen LogP contribution in [0.5, 0.6) is 0 Å². The number of aromatic nitrogens is 2. The minimum absolute atomic E-state index is 0.753. The molecule has 0 aliphatic carbocycles. The second-order valence-corrected chi connectivity index (χ2v) is 5.85. The van der Waals surface area contributed by atoms with Gasteiger partial charge in [0.15, 0.2) is 0 Å². The fourth-order valence-electron chi connectivity index (χ4n) is 1.29. The molecule has 2 heterocycles. The molecule has 1 atom stereocenters. The minimum Gasteiger partial charge on any atom is -0.345 e. The molecule has 0 amide bonds. The largest absolute Gasteiger partial charge is 0.345 e. The number of halogens is 1. The van der Waals surface area contributed by atoms with Crippen LogP contribution >= 0.6 is 15.9 Å². The molecule has 15 heavy (non-hydrogen) atoms. The lowest BCUT2D eigenvalue weighted by Crippen LogP contribution is -2.14. The molecule has 2 aromatic rings. The van der Waals surface area contributed by atoms with Gasteiger partial charge in [0.1, 0.15) is 16.6 Å². The number of fused-ring (bicyclic) bond motifs is 1. The first-order valence-corrected chi connectivity index (χ1v) is 6.21. The number of aromatic amines is 1. The van der Waals surface area contributed by atoms with Gasteiger partial charge < -0.3 is 4.98 Å². The van der Waals surface area contributed by atoms with Crippen molar-refractivity contribution >= 4 is 37.9 Å². The van der Waals surface area contributed by atoms with Gasteiger partial charge in [0, 0.05) is 22.3 Å². The predicted molar refractivity (Wildman–Crippen MR) is 63.9 cm³/mol. The molecule has 1 N–H and O–H groups in total. The van der Waals surface area contributed by atoms with E-state index in [9.17, 15) is 4.21 Å². The fourth-order valence-corrected chi connectivity index (χ4v) is 2.52. The number of H-pyrrole nitrogens is 1. The van der Waals surface area contributed by atoms with Crippen LogP contribution < -0.4 is 0 Å². The van der Waals surface area contributed by atoms with Crippen molar-refractivity contribution in [1.29, 1.82) is 0 Å². The molecule has 0 radical (unpaired) electrons. The van der Waals surface area contributed by atoms with Crippen molar-refractivity contribution in [2.24, 2.45) is 0 Å². The highest BCUT2D eigenvalue weighted by atomic mass is 79.9. The Morgan fingerprint density at radius 2 is 2.27 bits per heavy atom. The lowest BCUT2D eigenvalue weighted by atomic mass is 10.3. The maximum atomic E-state index is 11.9. The van der Waals surface area contributed by atoms with Crippen LogP contribution in [0.25, 0.3) is 11.0 Å². The van der Waals surface area contributed by atoms with Crippen LogP contribution in [-0.2, 0) is 11.0 Å². The summed E-state index contributed by atoms with van der Waals surface area (Å²) in [7, 11) is 2.41. The van der Waals surface area contributed by atoms with Crippen molar-refractivity contribution in [3.8, 4) is 0 Å². The summed E-state index contributed by atoms with van der Waals surface area (Å²) in [5.41, 5.74) is 0.753. The molecule has 0 aromatic carbocycles. The van der Waals surface area contributed by atoms with Crippen molar-refractivity contribution in [2.75, 3.05) is 14.1 Å². The summed E-state index contributed by atoms with van der Waals surface area (Å²) in [4.78, 5) is 7.94. The Morgan fingerprint density at radius 3 is 2.93 bits per heavy atom. The highest BCUT2D eigenvalue weighted by molar-refractivity contribution is 9.10. The molecule has 0 saturated carbocycles. The van der Waals surface area contributed by atoms with Crippen LogP contribution in [0.1, 0.15) is 0 Å². The molecule has 0 spiro atoms. The topological polar surface area (TPSA) is 49.0 Å². The first kappa shape index (κ1) is 10.8. The Bertz CT molecular complexity index is 523. The van der Waals surface area contributed by atoms with E-state index in [1.54, 1.807) is 30.8 Å². The van der Waals surface area contributed by atoms with Gasteiger partial charge in [0.25, 0.3) is 0 Å². The molecule has 0 aliphatic rings. The fraction of sp³-hybridized carbons (Fsp3) is 0.222. The summed E-state index contributed by atoms with van der Waals surface area (Å²) in [5.74, 6) is 0. The van der Waals surface area contributed by atoms with E-state index in [2.05, 4.69) is 25.9 Å². The third-order valence-corrected chi connectivity index (χ3v) is 3.79. The van der Waals surface area contributed by atoms with Crippen molar-refractivity contribution in [3.05, 3.63) is 22.9 Å². The van der Waals surface area contributed by atoms with E-state index < -0.39 is 11.0 Å². The third-order valence-electron chi connectivity index (χ3n) is 1.98. The van der Waals surface area contributed by atoms with E-state index in [1.807, 2.05) is 6.07 Å². The van der Waals surface area contributed by atoms with Gasteiger partial charge in [-0.15, -0.1) is 0 Å². The second-order valence-electron chi connectivity index (χ2n) is 3.26. The molecule has 0 aliphatic heterocycles.